The van der Waals surface area contributed by atoms with Gasteiger partial charge in [-0.2, -0.15) is 0 Å². The van der Waals surface area contributed by atoms with Crippen molar-refractivity contribution >= 4 is 27.5 Å². The number of likely N-dealkylation sites (N-methyl/N-ethyl adjacent to an activating group) is 1. The Morgan fingerprint density at radius 2 is 1.52 bits per heavy atom. The maximum atomic E-state index is 13.8. The molecule has 0 aliphatic carbocycles. The third kappa shape index (κ3) is 7.50. The van der Waals surface area contributed by atoms with Gasteiger partial charge in [0.1, 0.15) is 29.9 Å². The predicted molar refractivity (Wildman–Crippen MR) is 150 cm³/mol. The second kappa shape index (κ2) is 13.8. The molecule has 0 aromatic heterocycles. The summed E-state index contributed by atoms with van der Waals surface area (Å²) >= 11 is 0. The predicted octanol–water partition coefficient (Wildman–Crippen LogP) is 3.98. The third-order valence-electron chi connectivity index (χ3n) is 6.15. The molecule has 0 heterocycles. The van der Waals surface area contributed by atoms with Crippen molar-refractivity contribution < 1.29 is 31.9 Å². The molecule has 3 rings (SSSR count). The Kier molecular flexibility index (Phi) is 10.5. The molecular weight excluding hydrogens is 537 g/mol. The first-order valence-electron chi connectivity index (χ1n) is 12.8. The van der Waals surface area contributed by atoms with Gasteiger partial charge in [0, 0.05) is 13.1 Å². The lowest BCUT2D eigenvalue weighted by Gasteiger charge is -2.32. The Morgan fingerprint density at radius 3 is 2.08 bits per heavy atom. The zero-order valence-electron chi connectivity index (χ0n) is 23.0. The molecule has 9 nitrogen and oxygen atoms in total. The Labute approximate surface area is 234 Å². The van der Waals surface area contributed by atoms with Crippen molar-refractivity contribution in [1.29, 1.82) is 0 Å². The number of carbonyl (C=O) groups is 2. The van der Waals surface area contributed by atoms with E-state index in [1.54, 1.807) is 38.1 Å². The van der Waals surface area contributed by atoms with Crippen molar-refractivity contribution in [2.75, 3.05) is 31.1 Å². The molecule has 0 saturated carbocycles. The number of halogens is 1. The highest BCUT2D eigenvalue weighted by Gasteiger charge is 2.32. The normalized spacial score (nSPS) is 11.8. The fourth-order valence-corrected chi connectivity index (χ4v) is 5.38. The first-order valence-corrected chi connectivity index (χ1v) is 14.3. The van der Waals surface area contributed by atoms with Crippen LogP contribution in [0.3, 0.4) is 0 Å². The molecule has 1 unspecified atom stereocenters. The first-order chi connectivity index (χ1) is 19.1. The number of rotatable bonds is 13. The number of ether oxygens (including phenoxy) is 2. The maximum Gasteiger partial charge on any atom is 0.264 e. The van der Waals surface area contributed by atoms with E-state index in [2.05, 4.69) is 5.32 Å². The van der Waals surface area contributed by atoms with Crippen molar-refractivity contribution in [3.05, 3.63) is 84.2 Å². The van der Waals surface area contributed by atoms with Crippen LogP contribution in [-0.4, -0.2) is 58.0 Å². The Bertz CT molecular complexity index is 1380. The van der Waals surface area contributed by atoms with Gasteiger partial charge in [0.25, 0.3) is 10.0 Å². The van der Waals surface area contributed by atoms with E-state index in [1.807, 2.05) is 6.92 Å². The number of anilines is 1. The van der Waals surface area contributed by atoms with E-state index < -0.39 is 34.3 Å². The van der Waals surface area contributed by atoms with Gasteiger partial charge in [0.2, 0.25) is 11.8 Å². The second-order valence-corrected chi connectivity index (χ2v) is 10.7. The number of benzene rings is 3. The maximum absolute atomic E-state index is 13.8. The molecule has 3 aromatic carbocycles. The molecule has 214 valence electrons. The van der Waals surface area contributed by atoms with E-state index in [1.165, 1.54) is 48.4 Å². The van der Waals surface area contributed by atoms with E-state index >= 15 is 0 Å². The zero-order valence-corrected chi connectivity index (χ0v) is 23.8. The molecule has 1 N–H and O–H groups in total. The van der Waals surface area contributed by atoms with Gasteiger partial charge in [-0.3, -0.25) is 13.9 Å². The Balaban J connectivity index is 2.00. The second-order valence-electron chi connectivity index (χ2n) is 8.83. The van der Waals surface area contributed by atoms with E-state index in [9.17, 15) is 22.4 Å². The number of amides is 2. The Hall–Kier alpha value is -4.12. The number of hydrogen-bond donors (Lipinski definition) is 1. The number of methoxy groups -OCH3 is 1. The van der Waals surface area contributed by atoms with E-state index in [4.69, 9.17) is 9.47 Å². The minimum Gasteiger partial charge on any atom is -0.497 e. The summed E-state index contributed by atoms with van der Waals surface area (Å²) in [6, 6.07) is 16.7. The highest BCUT2D eigenvalue weighted by atomic mass is 32.2. The molecule has 0 bridgehead atoms. The fourth-order valence-electron chi connectivity index (χ4n) is 3.97. The van der Waals surface area contributed by atoms with E-state index in [-0.39, 0.29) is 23.0 Å². The molecule has 1 atom stereocenters. The molecule has 0 radical (unpaired) electrons. The summed E-state index contributed by atoms with van der Waals surface area (Å²) < 4.78 is 52.9. The van der Waals surface area contributed by atoms with Crippen LogP contribution in [0, 0.1) is 5.82 Å². The highest BCUT2D eigenvalue weighted by molar-refractivity contribution is 7.92. The number of carbonyl (C=O) groups excluding carboxylic acids is 2. The van der Waals surface area contributed by atoms with Gasteiger partial charge in [-0.15, -0.1) is 0 Å². The molecule has 0 saturated heterocycles. The minimum atomic E-state index is -4.27. The summed E-state index contributed by atoms with van der Waals surface area (Å²) in [5, 5.41) is 2.71. The largest absolute Gasteiger partial charge is 0.497 e. The number of nitrogens with one attached hydrogen (secondary N) is 1. The zero-order chi connectivity index (χ0) is 29.3. The molecule has 11 heteroatoms. The van der Waals surface area contributed by atoms with Crippen LogP contribution < -0.4 is 19.1 Å². The standard InChI is InChI=1S/C29H34FN3O6S/c1-5-31-29(35)21(3)32(19-22-7-13-25(38-4)14-8-22)28(34)20-33(24-11-9-23(30)10-12-24)40(36,37)27-17-15-26(16-18-27)39-6-2/h7-18,21H,5-6,19-20H2,1-4H3,(H,31,35). The quantitative estimate of drug-likeness (QED) is 0.333. The van der Waals surface area contributed by atoms with Gasteiger partial charge in [-0.1, -0.05) is 12.1 Å². The van der Waals surface area contributed by atoms with Crippen molar-refractivity contribution in [2.24, 2.45) is 0 Å². The van der Waals surface area contributed by atoms with E-state index in [0.29, 0.717) is 30.2 Å². The lowest BCUT2D eigenvalue weighted by Crippen LogP contribution is -2.51. The summed E-state index contributed by atoms with van der Waals surface area (Å²) in [5.74, 6) is -0.436. The molecular formula is C29H34FN3O6S. The van der Waals surface area contributed by atoms with Crippen molar-refractivity contribution in [3.63, 3.8) is 0 Å². The number of nitrogens with zero attached hydrogens (tertiary/aromatic N) is 2. The van der Waals surface area contributed by atoms with Crippen LogP contribution in [0.15, 0.2) is 77.7 Å². The summed E-state index contributed by atoms with van der Waals surface area (Å²) in [6.45, 7) is 5.35. The summed E-state index contributed by atoms with van der Waals surface area (Å²) in [6.07, 6.45) is 0. The SMILES string of the molecule is CCNC(=O)C(C)N(Cc1ccc(OC)cc1)C(=O)CN(c1ccc(F)cc1)S(=O)(=O)c1ccc(OCC)cc1. The molecule has 3 aromatic rings. The van der Waals surface area contributed by atoms with Crippen LogP contribution in [-0.2, 0) is 26.2 Å². The first kappa shape index (κ1) is 30.4. The summed E-state index contributed by atoms with van der Waals surface area (Å²) in [4.78, 5) is 27.8. The van der Waals surface area contributed by atoms with Gasteiger partial charge in [-0.05, 0) is 87.0 Å². The van der Waals surface area contributed by atoms with Crippen LogP contribution >= 0.6 is 0 Å². The smallest absolute Gasteiger partial charge is 0.264 e. The van der Waals surface area contributed by atoms with Gasteiger partial charge in [-0.25, -0.2) is 12.8 Å². The van der Waals surface area contributed by atoms with Crippen molar-refractivity contribution in [1.82, 2.24) is 10.2 Å². The lowest BCUT2D eigenvalue weighted by molar-refractivity contribution is -0.139. The van der Waals surface area contributed by atoms with Gasteiger partial charge < -0.3 is 19.7 Å². The van der Waals surface area contributed by atoms with Crippen molar-refractivity contribution in [3.8, 4) is 11.5 Å². The van der Waals surface area contributed by atoms with Gasteiger partial charge >= 0.3 is 0 Å². The van der Waals surface area contributed by atoms with Crippen LogP contribution in [0.25, 0.3) is 0 Å². The monoisotopic (exact) mass is 571 g/mol. The highest BCUT2D eigenvalue weighted by Crippen LogP contribution is 2.26. The number of sulfonamides is 1. The molecule has 0 aliphatic rings. The van der Waals surface area contributed by atoms with Crippen LogP contribution in [0.5, 0.6) is 11.5 Å². The van der Waals surface area contributed by atoms with Crippen molar-refractivity contribution in [2.45, 2.75) is 38.3 Å². The average molecular weight is 572 g/mol. The lowest BCUT2D eigenvalue weighted by atomic mass is 10.1. The summed E-state index contributed by atoms with van der Waals surface area (Å²) in [5.41, 5.74) is 0.812. The molecule has 0 aliphatic heterocycles. The number of hydrogen-bond acceptors (Lipinski definition) is 6. The van der Waals surface area contributed by atoms with Crippen LogP contribution in [0.2, 0.25) is 0 Å². The summed E-state index contributed by atoms with van der Waals surface area (Å²) in [7, 11) is -2.74. The van der Waals surface area contributed by atoms with E-state index in [0.717, 1.165) is 16.4 Å². The molecule has 2 amide bonds. The van der Waals surface area contributed by atoms with Crippen LogP contribution in [0.4, 0.5) is 10.1 Å². The topological polar surface area (TPSA) is 105 Å². The molecule has 0 fully saturated rings. The fraction of sp³-hybridized carbons (Fsp3) is 0.310. The molecule has 40 heavy (non-hydrogen) atoms. The Morgan fingerprint density at radius 1 is 0.925 bits per heavy atom. The minimum absolute atomic E-state index is 0.0431. The van der Waals surface area contributed by atoms with Gasteiger partial charge in [0.05, 0.1) is 24.3 Å². The third-order valence-corrected chi connectivity index (χ3v) is 7.93. The molecule has 0 spiro atoms. The van der Waals surface area contributed by atoms with Crippen LogP contribution in [0.1, 0.15) is 26.3 Å². The average Bonchev–Trinajstić information content (AvgIpc) is 2.95. The van der Waals surface area contributed by atoms with Gasteiger partial charge in [0.15, 0.2) is 0 Å².